The monoisotopic (exact) mass is 288 g/mol. The van der Waals surface area contributed by atoms with E-state index in [1.54, 1.807) is 12.1 Å². The highest BCUT2D eigenvalue weighted by molar-refractivity contribution is 6.35. The van der Waals surface area contributed by atoms with Gasteiger partial charge in [0.05, 0.1) is 13.0 Å². The van der Waals surface area contributed by atoms with Crippen LogP contribution < -0.4 is 0 Å². The van der Waals surface area contributed by atoms with Crippen molar-refractivity contribution in [2.24, 2.45) is 0 Å². The third-order valence-corrected chi connectivity index (χ3v) is 3.34. The maximum Gasteiger partial charge on any atom is 0.306 e. The topological polar surface area (TPSA) is 26.3 Å². The van der Waals surface area contributed by atoms with E-state index >= 15 is 0 Å². The van der Waals surface area contributed by atoms with Crippen molar-refractivity contribution in [2.45, 2.75) is 39.0 Å². The van der Waals surface area contributed by atoms with E-state index in [1.165, 1.54) is 0 Å². The maximum atomic E-state index is 11.6. The number of halogens is 2. The quantitative estimate of drug-likeness (QED) is 0.701. The Kier molecular flexibility index (Phi) is 6.51. The highest BCUT2D eigenvalue weighted by atomic mass is 35.5. The molecule has 1 aromatic rings. The van der Waals surface area contributed by atoms with Gasteiger partial charge in [0.15, 0.2) is 0 Å². The van der Waals surface area contributed by atoms with Crippen LogP contribution in [0.4, 0.5) is 0 Å². The smallest absolute Gasteiger partial charge is 0.306 e. The van der Waals surface area contributed by atoms with Gasteiger partial charge >= 0.3 is 5.97 Å². The fourth-order valence-corrected chi connectivity index (χ4v) is 2.35. The van der Waals surface area contributed by atoms with Crippen molar-refractivity contribution in [2.75, 3.05) is 6.61 Å². The van der Waals surface area contributed by atoms with Crippen LogP contribution in [0.3, 0.4) is 0 Å². The summed E-state index contributed by atoms with van der Waals surface area (Å²) in [6.45, 7) is 4.48. The van der Waals surface area contributed by atoms with Gasteiger partial charge in [-0.2, -0.15) is 0 Å². The molecule has 0 aliphatic heterocycles. The second kappa shape index (κ2) is 7.65. The lowest BCUT2D eigenvalue weighted by molar-refractivity contribution is -0.144. The molecule has 1 rings (SSSR count). The summed E-state index contributed by atoms with van der Waals surface area (Å²) in [6.07, 6.45) is 2.03. The van der Waals surface area contributed by atoms with Crippen LogP contribution in [0.2, 0.25) is 10.0 Å². The van der Waals surface area contributed by atoms with Gasteiger partial charge in [-0.25, -0.2) is 0 Å². The lowest BCUT2D eigenvalue weighted by atomic mass is 9.93. The summed E-state index contributed by atoms with van der Waals surface area (Å²) in [5, 5.41) is 1.21. The summed E-state index contributed by atoms with van der Waals surface area (Å²) in [6, 6.07) is 5.38. The van der Waals surface area contributed by atoms with Crippen LogP contribution in [-0.2, 0) is 9.53 Å². The molecule has 0 saturated heterocycles. The van der Waals surface area contributed by atoms with Crippen LogP contribution >= 0.6 is 23.2 Å². The molecule has 0 spiro atoms. The van der Waals surface area contributed by atoms with Gasteiger partial charge in [-0.3, -0.25) is 4.79 Å². The first kappa shape index (κ1) is 15.3. The fraction of sp³-hybridized carbons (Fsp3) is 0.500. The lowest BCUT2D eigenvalue weighted by Crippen LogP contribution is -2.11. The summed E-state index contributed by atoms with van der Waals surface area (Å²) in [5.41, 5.74) is 0.956. The molecular weight excluding hydrogens is 271 g/mol. The van der Waals surface area contributed by atoms with Crippen LogP contribution in [-0.4, -0.2) is 12.6 Å². The Labute approximate surface area is 118 Å². The van der Waals surface area contributed by atoms with Gasteiger partial charge in [0.1, 0.15) is 0 Å². The maximum absolute atomic E-state index is 11.6. The number of ether oxygens (including phenoxy) is 1. The summed E-state index contributed by atoms with van der Waals surface area (Å²) in [7, 11) is 0. The predicted octanol–water partition coefficient (Wildman–Crippen LogP) is 4.83. The van der Waals surface area contributed by atoms with Crippen LogP contribution in [0.25, 0.3) is 0 Å². The van der Waals surface area contributed by atoms with Crippen molar-refractivity contribution < 1.29 is 9.53 Å². The molecule has 0 aliphatic rings. The number of esters is 1. The standard InChI is InChI=1S/C14H18Cl2O2/c1-3-7-18-14(17)8-10(4-2)12-6-5-11(15)9-13(12)16/h5-6,9-10H,3-4,7-8H2,1-2H3. The van der Waals surface area contributed by atoms with Gasteiger partial charge in [0.2, 0.25) is 0 Å². The van der Waals surface area contributed by atoms with Crippen molar-refractivity contribution in [1.29, 1.82) is 0 Å². The average Bonchev–Trinajstić information content (AvgIpc) is 2.34. The van der Waals surface area contributed by atoms with Gasteiger partial charge < -0.3 is 4.74 Å². The molecule has 0 bridgehead atoms. The molecule has 0 aliphatic carbocycles. The fourth-order valence-electron chi connectivity index (χ4n) is 1.78. The van der Waals surface area contributed by atoms with E-state index in [0.29, 0.717) is 23.1 Å². The van der Waals surface area contributed by atoms with Crippen molar-refractivity contribution >= 4 is 29.2 Å². The highest BCUT2D eigenvalue weighted by Crippen LogP contribution is 2.31. The molecule has 1 atom stereocenters. The van der Waals surface area contributed by atoms with E-state index in [1.807, 2.05) is 19.9 Å². The first-order valence-electron chi connectivity index (χ1n) is 6.19. The zero-order valence-electron chi connectivity index (χ0n) is 10.7. The van der Waals surface area contributed by atoms with Gasteiger partial charge in [-0.05, 0) is 36.5 Å². The van der Waals surface area contributed by atoms with E-state index in [2.05, 4.69) is 0 Å². The highest BCUT2D eigenvalue weighted by Gasteiger charge is 2.17. The van der Waals surface area contributed by atoms with Gasteiger partial charge in [-0.1, -0.05) is 43.1 Å². The number of hydrogen-bond acceptors (Lipinski definition) is 2. The minimum absolute atomic E-state index is 0.0825. The van der Waals surface area contributed by atoms with Gasteiger partial charge in [0, 0.05) is 10.0 Å². The number of carbonyl (C=O) groups excluding carboxylic acids is 1. The Morgan fingerprint density at radius 1 is 1.33 bits per heavy atom. The zero-order valence-corrected chi connectivity index (χ0v) is 12.2. The second-order valence-electron chi connectivity index (χ2n) is 4.20. The molecule has 1 aromatic carbocycles. The van der Waals surface area contributed by atoms with Crippen LogP contribution in [0, 0.1) is 0 Å². The van der Waals surface area contributed by atoms with Crippen molar-refractivity contribution in [3.8, 4) is 0 Å². The van der Waals surface area contributed by atoms with Crippen LogP contribution in [0.5, 0.6) is 0 Å². The molecule has 4 heteroatoms. The molecule has 18 heavy (non-hydrogen) atoms. The molecule has 0 N–H and O–H groups in total. The van der Waals surface area contributed by atoms with Crippen LogP contribution in [0.15, 0.2) is 18.2 Å². The minimum atomic E-state index is -0.172. The molecule has 100 valence electrons. The summed E-state index contributed by atoms with van der Waals surface area (Å²) >= 11 is 12.0. The van der Waals surface area contributed by atoms with E-state index < -0.39 is 0 Å². The number of rotatable bonds is 6. The van der Waals surface area contributed by atoms with E-state index in [-0.39, 0.29) is 11.9 Å². The van der Waals surface area contributed by atoms with Crippen molar-refractivity contribution in [3.63, 3.8) is 0 Å². The molecule has 2 nitrogen and oxygen atoms in total. The molecule has 0 heterocycles. The van der Waals surface area contributed by atoms with Crippen molar-refractivity contribution in [3.05, 3.63) is 33.8 Å². The normalized spacial score (nSPS) is 12.2. The van der Waals surface area contributed by atoms with E-state index in [0.717, 1.165) is 18.4 Å². The number of benzene rings is 1. The average molecular weight is 289 g/mol. The molecule has 0 amide bonds. The summed E-state index contributed by atoms with van der Waals surface area (Å²) < 4.78 is 5.10. The zero-order chi connectivity index (χ0) is 13.5. The molecule has 0 fully saturated rings. The van der Waals surface area contributed by atoms with E-state index in [9.17, 15) is 4.79 Å². The second-order valence-corrected chi connectivity index (χ2v) is 5.04. The lowest BCUT2D eigenvalue weighted by Gasteiger charge is -2.16. The molecular formula is C14H18Cl2O2. The third kappa shape index (κ3) is 4.51. The van der Waals surface area contributed by atoms with Crippen LogP contribution in [0.1, 0.15) is 44.6 Å². The molecule has 0 saturated carbocycles. The number of hydrogen-bond donors (Lipinski definition) is 0. The molecule has 0 aromatic heterocycles. The molecule has 1 unspecified atom stereocenters. The Balaban J connectivity index is 2.73. The first-order chi connectivity index (χ1) is 8.58. The Bertz CT molecular complexity index is 405. The first-order valence-corrected chi connectivity index (χ1v) is 6.94. The van der Waals surface area contributed by atoms with Gasteiger partial charge in [0.25, 0.3) is 0 Å². The number of carbonyl (C=O) groups is 1. The SMILES string of the molecule is CCCOC(=O)CC(CC)c1ccc(Cl)cc1Cl. The van der Waals surface area contributed by atoms with Crippen molar-refractivity contribution in [1.82, 2.24) is 0 Å². The predicted molar refractivity (Wildman–Crippen MR) is 75.4 cm³/mol. The largest absolute Gasteiger partial charge is 0.466 e. The summed E-state index contributed by atoms with van der Waals surface area (Å²) in [4.78, 5) is 11.6. The minimum Gasteiger partial charge on any atom is -0.466 e. The van der Waals surface area contributed by atoms with Gasteiger partial charge in [-0.15, -0.1) is 0 Å². The summed E-state index contributed by atoms with van der Waals surface area (Å²) in [5.74, 6) is -0.0890. The van der Waals surface area contributed by atoms with E-state index in [4.69, 9.17) is 27.9 Å². The molecule has 0 radical (unpaired) electrons. The third-order valence-electron chi connectivity index (χ3n) is 2.78. The Morgan fingerprint density at radius 3 is 2.61 bits per heavy atom. The Morgan fingerprint density at radius 2 is 2.06 bits per heavy atom. The Hall–Kier alpha value is -0.730.